The lowest BCUT2D eigenvalue weighted by atomic mass is 9.74. The van der Waals surface area contributed by atoms with Crippen LogP contribution >= 0.6 is 0 Å². The van der Waals surface area contributed by atoms with E-state index in [1.165, 1.54) is 19.3 Å². The summed E-state index contributed by atoms with van der Waals surface area (Å²) in [5.41, 5.74) is 5.86. The zero-order valence-electron chi connectivity index (χ0n) is 11.5. The van der Waals surface area contributed by atoms with Gasteiger partial charge in [0.25, 0.3) is 0 Å². The molecule has 3 N–H and O–H groups in total. The number of urea groups is 1. The Morgan fingerprint density at radius 1 is 1.41 bits per heavy atom. The van der Waals surface area contributed by atoms with Crippen molar-refractivity contribution in [3.63, 3.8) is 0 Å². The Labute approximate surface area is 105 Å². The first kappa shape index (κ1) is 14.3. The molecule has 2 amide bonds. The maximum atomic E-state index is 11.9. The highest BCUT2D eigenvalue weighted by Gasteiger charge is 2.40. The second-order valence-electron chi connectivity index (χ2n) is 5.08. The summed E-state index contributed by atoms with van der Waals surface area (Å²) >= 11 is 0. The Morgan fingerprint density at radius 3 is 2.35 bits per heavy atom. The van der Waals surface area contributed by atoms with Crippen LogP contribution in [0.4, 0.5) is 4.79 Å². The average molecular weight is 241 g/mol. The number of nitrogens with two attached hydrogens (primary N) is 1. The lowest BCUT2D eigenvalue weighted by molar-refractivity contribution is 0.0724. The smallest absolute Gasteiger partial charge is 0.317 e. The van der Waals surface area contributed by atoms with Gasteiger partial charge in [0.15, 0.2) is 0 Å². The van der Waals surface area contributed by atoms with Gasteiger partial charge in [-0.25, -0.2) is 4.79 Å². The van der Waals surface area contributed by atoms with Crippen LogP contribution in [0.15, 0.2) is 0 Å². The summed E-state index contributed by atoms with van der Waals surface area (Å²) in [7, 11) is 1.69. The average Bonchev–Trinajstić information content (AvgIpc) is 2.39. The zero-order chi connectivity index (χ0) is 12.9. The first-order valence-corrected chi connectivity index (χ1v) is 6.83. The fourth-order valence-corrected chi connectivity index (χ4v) is 3.04. The van der Waals surface area contributed by atoms with Crippen LogP contribution in [0.1, 0.15) is 46.0 Å². The van der Waals surface area contributed by atoms with E-state index < -0.39 is 0 Å². The standard InChI is InChI=1S/C13H27N3O/c1-4-11-6-8-13(10-14,9-7-11)16(5-2)12(17)15-3/h11H,4-10,14H2,1-3H3,(H,15,17). The molecule has 1 fully saturated rings. The molecule has 100 valence electrons. The Balaban J connectivity index is 2.77. The van der Waals surface area contributed by atoms with Gasteiger partial charge >= 0.3 is 6.03 Å². The van der Waals surface area contributed by atoms with E-state index >= 15 is 0 Å². The van der Waals surface area contributed by atoms with Crippen molar-refractivity contribution in [1.82, 2.24) is 10.2 Å². The van der Waals surface area contributed by atoms with E-state index in [0.29, 0.717) is 6.54 Å². The summed E-state index contributed by atoms with van der Waals surface area (Å²) < 4.78 is 0. The number of amides is 2. The number of nitrogens with zero attached hydrogens (tertiary/aromatic N) is 1. The minimum atomic E-state index is -0.111. The predicted molar refractivity (Wildman–Crippen MR) is 70.9 cm³/mol. The molecule has 0 unspecified atom stereocenters. The molecule has 1 saturated carbocycles. The van der Waals surface area contributed by atoms with E-state index in [1.54, 1.807) is 7.05 Å². The number of carbonyl (C=O) groups is 1. The monoisotopic (exact) mass is 241 g/mol. The van der Waals surface area contributed by atoms with Gasteiger partial charge in [0.2, 0.25) is 0 Å². The van der Waals surface area contributed by atoms with Gasteiger partial charge in [0.1, 0.15) is 0 Å². The number of hydrogen-bond donors (Lipinski definition) is 2. The van der Waals surface area contributed by atoms with Gasteiger partial charge in [-0.1, -0.05) is 13.3 Å². The van der Waals surface area contributed by atoms with E-state index in [0.717, 1.165) is 25.3 Å². The van der Waals surface area contributed by atoms with Crippen molar-refractivity contribution >= 4 is 6.03 Å². The van der Waals surface area contributed by atoms with Crippen LogP contribution in [0.3, 0.4) is 0 Å². The van der Waals surface area contributed by atoms with Crippen molar-refractivity contribution in [2.75, 3.05) is 20.1 Å². The Hall–Kier alpha value is -0.770. The highest BCUT2D eigenvalue weighted by Crippen LogP contribution is 2.37. The van der Waals surface area contributed by atoms with Crippen LogP contribution in [0.25, 0.3) is 0 Å². The third kappa shape index (κ3) is 2.92. The number of likely N-dealkylation sites (N-methyl/N-ethyl adjacent to an activating group) is 1. The van der Waals surface area contributed by atoms with Crippen LogP contribution in [0, 0.1) is 5.92 Å². The molecule has 1 aliphatic rings. The fourth-order valence-electron chi connectivity index (χ4n) is 3.04. The highest BCUT2D eigenvalue weighted by molar-refractivity contribution is 5.74. The van der Waals surface area contributed by atoms with Crippen molar-refractivity contribution in [3.8, 4) is 0 Å². The minimum Gasteiger partial charge on any atom is -0.341 e. The Bertz CT molecular complexity index is 247. The fraction of sp³-hybridized carbons (Fsp3) is 0.923. The van der Waals surface area contributed by atoms with Gasteiger partial charge in [0, 0.05) is 20.1 Å². The van der Waals surface area contributed by atoms with Crippen molar-refractivity contribution in [3.05, 3.63) is 0 Å². The summed E-state index contributed by atoms with van der Waals surface area (Å²) in [6.07, 6.45) is 5.72. The molecule has 0 heterocycles. The van der Waals surface area contributed by atoms with E-state index in [1.807, 2.05) is 11.8 Å². The first-order chi connectivity index (χ1) is 8.13. The summed E-state index contributed by atoms with van der Waals surface area (Å²) in [4.78, 5) is 13.8. The van der Waals surface area contributed by atoms with Crippen LogP contribution in [0.5, 0.6) is 0 Å². The molecule has 0 aromatic heterocycles. The molecule has 1 aliphatic carbocycles. The topological polar surface area (TPSA) is 58.4 Å². The molecule has 0 bridgehead atoms. The number of carbonyl (C=O) groups excluding carboxylic acids is 1. The molecule has 4 nitrogen and oxygen atoms in total. The molecular weight excluding hydrogens is 214 g/mol. The lowest BCUT2D eigenvalue weighted by Crippen LogP contribution is -2.59. The molecule has 0 aliphatic heterocycles. The third-order valence-electron chi connectivity index (χ3n) is 4.34. The van der Waals surface area contributed by atoms with Crippen molar-refractivity contribution < 1.29 is 4.79 Å². The first-order valence-electron chi connectivity index (χ1n) is 6.83. The van der Waals surface area contributed by atoms with Gasteiger partial charge in [-0.15, -0.1) is 0 Å². The van der Waals surface area contributed by atoms with Gasteiger partial charge < -0.3 is 16.0 Å². The molecule has 1 rings (SSSR count). The SMILES string of the molecule is CCC1CCC(CN)(N(CC)C(=O)NC)CC1. The molecule has 0 atom stereocenters. The van der Waals surface area contributed by atoms with Crippen LogP contribution < -0.4 is 11.1 Å². The van der Waals surface area contributed by atoms with Crippen LogP contribution in [0.2, 0.25) is 0 Å². The number of nitrogens with one attached hydrogen (secondary N) is 1. The van der Waals surface area contributed by atoms with E-state index in [2.05, 4.69) is 12.2 Å². The third-order valence-corrected chi connectivity index (χ3v) is 4.34. The van der Waals surface area contributed by atoms with Crippen molar-refractivity contribution in [1.29, 1.82) is 0 Å². The maximum Gasteiger partial charge on any atom is 0.317 e. The molecule has 4 heteroatoms. The molecule has 0 aromatic rings. The van der Waals surface area contributed by atoms with Gasteiger partial charge in [-0.3, -0.25) is 0 Å². The predicted octanol–water partition coefficient (Wildman–Crippen LogP) is 1.95. The Morgan fingerprint density at radius 2 is 2.00 bits per heavy atom. The minimum absolute atomic E-state index is 0.00731. The number of hydrogen-bond acceptors (Lipinski definition) is 2. The normalized spacial score (nSPS) is 28.8. The van der Waals surface area contributed by atoms with Crippen LogP contribution in [-0.2, 0) is 0 Å². The molecule has 0 saturated heterocycles. The summed E-state index contributed by atoms with van der Waals surface area (Å²) in [5.74, 6) is 0.818. The molecule has 0 radical (unpaired) electrons. The van der Waals surface area contributed by atoms with Gasteiger partial charge in [0.05, 0.1) is 5.54 Å². The lowest BCUT2D eigenvalue weighted by Gasteiger charge is -2.47. The second-order valence-corrected chi connectivity index (χ2v) is 5.08. The molecule has 0 spiro atoms. The molecular formula is C13H27N3O. The van der Waals surface area contributed by atoms with Crippen molar-refractivity contribution in [2.45, 2.75) is 51.5 Å². The van der Waals surface area contributed by atoms with Gasteiger partial charge in [-0.2, -0.15) is 0 Å². The highest BCUT2D eigenvalue weighted by atomic mass is 16.2. The largest absolute Gasteiger partial charge is 0.341 e. The molecule has 0 aromatic carbocycles. The van der Waals surface area contributed by atoms with E-state index in [-0.39, 0.29) is 11.6 Å². The number of rotatable bonds is 4. The molecule has 17 heavy (non-hydrogen) atoms. The quantitative estimate of drug-likeness (QED) is 0.790. The summed E-state index contributed by atoms with van der Waals surface area (Å²) in [6.45, 7) is 5.58. The summed E-state index contributed by atoms with van der Waals surface area (Å²) in [6, 6.07) is 0.00731. The summed E-state index contributed by atoms with van der Waals surface area (Å²) in [5, 5.41) is 2.73. The zero-order valence-corrected chi connectivity index (χ0v) is 11.5. The van der Waals surface area contributed by atoms with E-state index in [9.17, 15) is 4.79 Å². The second kappa shape index (κ2) is 6.24. The maximum absolute atomic E-state index is 11.9. The van der Waals surface area contributed by atoms with Crippen LogP contribution in [-0.4, -0.2) is 36.6 Å². The van der Waals surface area contributed by atoms with Gasteiger partial charge in [-0.05, 0) is 38.5 Å². The Kier molecular flexibility index (Phi) is 5.25. The van der Waals surface area contributed by atoms with Crippen molar-refractivity contribution in [2.24, 2.45) is 11.7 Å². The van der Waals surface area contributed by atoms with E-state index in [4.69, 9.17) is 5.73 Å².